The van der Waals surface area contributed by atoms with Crippen molar-refractivity contribution < 1.29 is 4.74 Å². The van der Waals surface area contributed by atoms with Crippen molar-refractivity contribution in [1.29, 1.82) is 0 Å². The number of benzene rings is 2. The maximum Gasteiger partial charge on any atom is 0.158 e. The molecule has 0 saturated carbocycles. The van der Waals surface area contributed by atoms with Gasteiger partial charge in [-0.05, 0) is 49.4 Å². The minimum atomic E-state index is 0.633. The van der Waals surface area contributed by atoms with Gasteiger partial charge in [0.2, 0.25) is 0 Å². The van der Waals surface area contributed by atoms with Gasteiger partial charge in [-0.1, -0.05) is 17.7 Å². The maximum absolute atomic E-state index is 6.04. The normalized spacial score (nSPS) is 10.8. The summed E-state index contributed by atoms with van der Waals surface area (Å²) in [6.07, 6.45) is 3.59. The summed E-state index contributed by atoms with van der Waals surface area (Å²) in [7, 11) is 1.86. The molecule has 7 heteroatoms. The minimum absolute atomic E-state index is 0.633. The predicted octanol–water partition coefficient (Wildman–Crippen LogP) is 5.68. The van der Waals surface area contributed by atoms with E-state index in [0.29, 0.717) is 16.5 Å². The third kappa shape index (κ3) is 3.59. The molecule has 4 rings (SSSR count). The molecule has 2 heterocycles. The van der Waals surface area contributed by atoms with Crippen LogP contribution in [0.1, 0.15) is 6.92 Å². The Kier molecular flexibility index (Phi) is 5.04. The van der Waals surface area contributed by atoms with Crippen molar-refractivity contribution in [3.63, 3.8) is 0 Å². The lowest BCUT2D eigenvalue weighted by molar-refractivity contribution is 0.485. The van der Waals surface area contributed by atoms with E-state index in [-0.39, 0.29) is 0 Å². The fourth-order valence-corrected chi connectivity index (χ4v) is 3.25. The van der Waals surface area contributed by atoms with E-state index in [1.54, 1.807) is 12.4 Å². The first-order valence-electron chi connectivity index (χ1n) is 9.00. The Hall–Kier alpha value is -3.25. The van der Waals surface area contributed by atoms with Gasteiger partial charge in [0, 0.05) is 30.5 Å². The van der Waals surface area contributed by atoms with Crippen molar-refractivity contribution in [2.75, 3.05) is 17.7 Å². The number of aryl methyl sites for hydroxylation is 1. The largest absolute Gasteiger partial charge is 0.455 e. The van der Waals surface area contributed by atoms with Crippen LogP contribution in [0.3, 0.4) is 0 Å². The van der Waals surface area contributed by atoms with E-state index in [2.05, 4.69) is 32.1 Å². The van der Waals surface area contributed by atoms with E-state index in [9.17, 15) is 0 Å². The summed E-state index contributed by atoms with van der Waals surface area (Å²) in [5.74, 6) is 2.16. The Labute approximate surface area is 168 Å². The van der Waals surface area contributed by atoms with Crippen LogP contribution < -0.4 is 15.4 Å². The van der Waals surface area contributed by atoms with Gasteiger partial charge in [-0.2, -0.15) is 0 Å². The molecule has 0 aliphatic rings. The molecule has 28 heavy (non-hydrogen) atoms. The molecule has 0 bridgehead atoms. The lowest BCUT2D eigenvalue weighted by Gasteiger charge is -2.14. The molecule has 2 aromatic heterocycles. The van der Waals surface area contributed by atoms with Crippen molar-refractivity contribution >= 4 is 39.8 Å². The maximum atomic E-state index is 6.04. The number of fused-ring (bicyclic) bond motifs is 1. The Morgan fingerprint density at radius 1 is 1.11 bits per heavy atom. The molecule has 4 aromatic rings. The fraction of sp³-hybridized carbons (Fsp3) is 0.143. The van der Waals surface area contributed by atoms with Gasteiger partial charge >= 0.3 is 0 Å². The number of aromatic nitrogens is 3. The summed E-state index contributed by atoms with van der Waals surface area (Å²) in [5, 5.41) is 7.20. The molecule has 0 atom stereocenters. The van der Waals surface area contributed by atoms with E-state index in [0.717, 1.165) is 34.8 Å². The molecule has 0 radical (unpaired) electrons. The minimum Gasteiger partial charge on any atom is -0.455 e. The average molecular weight is 394 g/mol. The van der Waals surface area contributed by atoms with Gasteiger partial charge in [-0.15, -0.1) is 0 Å². The number of hydrogen-bond donors (Lipinski definition) is 2. The molecule has 0 amide bonds. The molecular weight excluding hydrogens is 374 g/mol. The number of hydrogen-bond acceptors (Lipinski definition) is 5. The lowest BCUT2D eigenvalue weighted by Crippen LogP contribution is -2.01. The Morgan fingerprint density at radius 2 is 2.00 bits per heavy atom. The molecule has 0 aliphatic carbocycles. The Balaban J connectivity index is 1.64. The van der Waals surface area contributed by atoms with Gasteiger partial charge in [0.1, 0.15) is 17.6 Å². The Morgan fingerprint density at radius 3 is 2.79 bits per heavy atom. The summed E-state index contributed by atoms with van der Waals surface area (Å²) in [6, 6.07) is 15.2. The molecule has 0 saturated heterocycles. The average Bonchev–Trinajstić information content (AvgIpc) is 3.13. The highest BCUT2D eigenvalue weighted by Gasteiger charge is 2.11. The first kappa shape index (κ1) is 18.1. The first-order chi connectivity index (χ1) is 13.7. The van der Waals surface area contributed by atoms with Crippen LogP contribution in [0.5, 0.6) is 11.5 Å². The quantitative estimate of drug-likeness (QED) is 0.441. The van der Waals surface area contributed by atoms with E-state index >= 15 is 0 Å². The highest BCUT2D eigenvalue weighted by atomic mass is 35.5. The van der Waals surface area contributed by atoms with Crippen molar-refractivity contribution in [2.24, 2.45) is 0 Å². The summed E-state index contributed by atoms with van der Waals surface area (Å²) < 4.78 is 8.09. The second-order valence-electron chi connectivity index (χ2n) is 6.20. The van der Waals surface area contributed by atoms with Crippen molar-refractivity contribution in [3.8, 4) is 11.5 Å². The van der Waals surface area contributed by atoms with Gasteiger partial charge in [0.15, 0.2) is 11.6 Å². The van der Waals surface area contributed by atoms with E-state index < -0.39 is 0 Å². The molecule has 0 unspecified atom stereocenters. The van der Waals surface area contributed by atoms with Crippen molar-refractivity contribution in [3.05, 3.63) is 66.1 Å². The number of rotatable bonds is 6. The second kappa shape index (κ2) is 7.78. The Bertz CT molecular complexity index is 1120. The van der Waals surface area contributed by atoms with Crippen LogP contribution in [0.4, 0.5) is 17.2 Å². The third-order valence-corrected chi connectivity index (χ3v) is 4.66. The number of ether oxygens (including phenoxy) is 1. The second-order valence-corrected chi connectivity index (χ2v) is 6.64. The molecule has 0 fully saturated rings. The zero-order valence-electron chi connectivity index (χ0n) is 15.6. The SMILES string of the molecule is CCn1ccc2ncnc(Nc3ccc(Oc4cccc(Cl)c4)c(NC)c3)c21. The van der Waals surface area contributed by atoms with Crippen LogP contribution in [0.15, 0.2) is 61.1 Å². The van der Waals surface area contributed by atoms with Gasteiger partial charge in [-0.25, -0.2) is 9.97 Å². The van der Waals surface area contributed by atoms with Crippen LogP contribution in [0.25, 0.3) is 11.0 Å². The van der Waals surface area contributed by atoms with Gasteiger partial charge in [0.05, 0.1) is 11.2 Å². The molecule has 2 N–H and O–H groups in total. The predicted molar refractivity (Wildman–Crippen MR) is 114 cm³/mol. The number of nitrogens with one attached hydrogen (secondary N) is 2. The lowest BCUT2D eigenvalue weighted by atomic mass is 10.2. The summed E-state index contributed by atoms with van der Waals surface area (Å²) in [4.78, 5) is 8.77. The van der Waals surface area contributed by atoms with Crippen LogP contribution >= 0.6 is 11.6 Å². The van der Waals surface area contributed by atoms with Crippen LogP contribution in [0, 0.1) is 0 Å². The van der Waals surface area contributed by atoms with Gasteiger partial charge in [0.25, 0.3) is 0 Å². The van der Waals surface area contributed by atoms with Crippen molar-refractivity contribution in [1.82, 2.24) is 14.5 Å². The molecule has 2 aromatic carbocycles. The van der Waals surface area contributed by atoms with Gasteiger partial charge < -0.3 is 19.9 Å². The van der Waals surface area contributed by atoms with E-state index in [1.807, 2.05) is 55.7 Å². The highest BCUT2D eigenvalue weighted by Crippen LogP contribution is 2.34. The zero-order valence-corrected chi connectivity index (χ0v) is 16.4. The van der Waals surface area contributed by atoms with E-state index in [1.165, 1.54) is 0 Å². The molecule has 142 valence electrons. The fourth-order valence-electron chi connectivity index (χ4n) is 3.07. The van der Waals surface area contributed by atoms with Crippen molar-refractivity contribution in [2.45, 2.75) is 13.5 Å². The number of halogens is 1. The molecule has 6 nitrogen and oxygen atoms in total. The molecular formula is C21H20ClN5O. The zero-order chi connectivity index (χ0) is 19.5. The third-order valence-electron chi connectivity index (χ3n) is 4.43. The van der Waals surface area contributed by atoms with E-state index in [4.69, 9.17) is 16.3 Å². The van der Waals surface area contributed by atoms with Crippen LogP contribution in [-0.4, -0.2) is 21.6 Å². The smallest absolute Gasteiger partial charge is 0.158 e. The topological polar surface area (TPSA) is 64.0 Å². The molecule has 0 spiro atoms. The van der Waals surface area contributed by atoms with Gasteiger partial charge in [-0.3, -0.25) is 0 Å². The van der Waals surface area contributed by atoms with Crippen LogP contribution in [-0.2, 0) is 6.54 Å². The number of nitrogens with zero attached hydrogens (tertiary/aromatic N) is 3. The molecule has 0 aliphatic heterocycles. The van der Waals surface area contributed by atoms with Crippen LogP contribution in [0.2, 0.25) is 5.02 Å². The number of anilines is 3. The standard InChI is InChI=1S/C21H20ClN5O/c1-3-27-10-9-17-20(27)21(25-13-24-17)26-15-7-8-19(18(12-15)23-2)28-16-6-4-5-14(22)11-16/h4-13,23H,3H2,1-2H3,(H,24,25,26). The highest BCUT2D eigenvalue weighted by molar-refractivity contribution is 6.30. The monoisotopic (exact) mass is 393 g/mol. The first-order valence-corrected chi connectivity index (χ1v) is 9.38. The summed E-state index contributed by atoms with van der Waals surface area (Å²) in [6.45, 7) is 2.94. The summed E-state index contributed by atoms with van der Waals surface area (Å²) >= 11 is 6.04. The summed E-state index contributed by atoms with van der Waals surface area (Å²) in [5.41, 5.74) is 3.64.